The number of aliphatic hydroxyl groups excluding tert-OH is 2. The molecule has 2 aromatic rings. The lowest BCUT2D eigenvalue weighted by atomic mass is 9.96. The van der Waals surface area contributed by atoms with Gasteiger partial charge in [0.15, 0.2) is 6.23 Å². The molecule has 1 saturated heterocycles. The predicted octanol–water partition coefficient (Wildman–Crippen LogP) is 0.334. The summed E-state index contributed by atoms with van der Waals surface area (Å²) < 4.78 is 5.78. The first-order chi connectivity index (χ1) is 13.4. The van der Waals surface area contributed by atoms with E-state index in [1.165, 1.54) is 13.3 Å². The van der Waals surface area contributed by atoms with E-state index in [-0.39, 0.29) is 0 Å². The number of anilines is 2. The van der Waals surface area contributed by atoms with E-state index >= 15 is 0 Å². The van der Waals surface area contributed by atoms with Gasteiger partial charge >= 0.3 is 0 Å². The molecule has 148 valence electrons. The van der Waals surface area contributed by atoms with Crippen LogP contribution in [-0.4, -0.2) is 62.5 Å². The minimum atomic E-state index is -1.58. The predicted molar refractivity (Wildman–Crippen MR) is 104 cm³/mol. The molecule has 0 radical (unpaired) electrons. The van der Waals surface area contributed by atoms with Gasteiger partial charge in [-0.1, -0.05) is 36.4 Å². The van der Waals surface area contributed by atoms with Crippen molar-refractivity contribution >= 4 is 17.2 Å². The fourth-order valence-corrected chi connectivity index (χ4v) is 3.90. The summed E-state index contributed by atoms with van der Waals surface area (Å²) in [6, 6.07) is 10.0. The maximum Gasteiger partial charge on any atom is 0.163 e. The second-order valence-corrected chi connectivity index (χ2v) is 7.38. The summed E-state index contributed by atoms with van der Waals surface area (Å²) in [6.07, 6.45) is 1.17. The normalized spacial score (nSPS) is 30.8. The molecule has 28 heavy (non-hydrogen) atoms. The Morgan fingerprint density at radius 1 is 1.32 bits per heavy atom. The Morgan fingerprint density at radius 3 is 2.75 bits per heavy atom. The minimum absolute atomic E-state index is 0.351. The summed E-state index contributed by atoms with van der Waals surface area (Å²) in [5.74, 6) is 0.895. The Balaban J connectivity index is 1.69. The first-order valence-corrected chi connectivity index (χ1v) is 9.20. The molecular formula is C20H24N4O4. The lowest BCUT2D eigenvalue weighted by Crippen LogP contribution is -2.53. The molecule has 1 aromatic carbocycles. The van der Waals surface area contributed by atoms with Gasteiger partial charge in [-0.15, -0.1) is 0 Å². The molecule has 8 nitrogen and oxygen atoms in total. The molecule has 0 aliphatic carbocycles. The zero-order valence-electron chi connectivity index (χ0n) is 15.6. The van der Waals surface area contributed by atoms with Crippen LogP contribution in [0.15, 0.2) is 42.7 Å². The summed E-state index contributed by atoms with van der Waals surface area (Å²) in [6.45, 7) is 1.50. The number of benzene rings is 1. The van der Waals surface area contributed by atoms with Gasteiger partial charge in [-0.05, 0) is 24.5 Å². The van der Waals surface area contributed by atoms with Crippen LogP contribution in [0.3, 0.4) is 0 Å². The van der Waals surface area contributed by atoms with E-state index in [0.29, 0.717) is 30.2 Å². The number of allylic oxidation sites excluding steroid dienone is 1. The third kappa shape index (κ3) is 3.04. The molecule has 1 aromatic heterocycles. The standard InChI is InChI=1S/C20H24N4O4/c1-20(27)16(26)14(10-25)28-19(20)24-9-13(8-7-12-5-3-2-4-6-12)15-17(21)22-11-23-18(15)24/h2-6,8,11,14,16,19,25-27H,7,9-10H2,1H3,(H2,21,22,23)/t14-,16-,19-,20-/m1/s1. The number of hydrogen-bond acceptors (Lipinski definition) is 8. The van der Waals surface area contributed by atoms with E-state index < -0.39 is 30.6 Å². The smallest absolute Gasteiger partial charge is 0.163 e. The number of nitrogens with zero attached hydrogens (tertiary/aromatic N) is 3. The molecule has 5 N–H and O–H groups in total. The number of aromatic nitrogens is 2. The summed E-state index contributed by atoms with van der Waals surface area (Å²) >= 11 is 0. The molecule has 8 heteroatoms. The van der Waals surface area contributed by atoms with Gasteiger partial charge in [-0.25, -0.2) is 9.97 Å². The number of hydrogen-bond donors (Lipinski definition) is 4. The van der Waals surface area contributed by atoms with Gasteiger partial charge < -0.3 is 30.7 Å². The third-order valence-corrected chi connectivity index (χ3v) is 5.44. The van der Waals surface area contributed by atoms with Gasteiger partial charge in [0.05, 0.1) is 12.2 Å². The fourth-order valence-electron chi connectivity index (χ4n) is 3.90. The fraction of sp³-hybridized carbons (Fsp3) is 0.400. The lowest BCUT2D eigenvalue weighted by Gasteiger charge is -2.34. The largest absolute Gasteiger partial charge is 0.394 e. The van der Waals surface area contributed by atoms with Crippen molar-refractivity contribution in [1.29, 1.82) is 0 Å². The van der Waals surface area contributed by atoms with Gasteiger partial charge in [0, 0.05) is 6.54 Å². The molecule has 3 heterocycles. The van der Waals surface area contributed by atoms with Crippen molar-refractivity contribution in [3.05, 3.63) is 53.9 Å². The summed E-state index contributed by atoms with van der Waals surface area (Å²) in [5, 5.41) is 30.6. The maximum atomic E-state index is 10.9. The lowest BCUT2D eigenvalue weighted by molar-refractivity contribution is -0.0627. The highest BCUT2D eigenvalue weighted by Crippen LogP contribution is 2.43. The zero-order chi connectivity index (χ0) is 19.9. The zero-order valence-corrected chi connectivity index (χ0v) is 15.6. The third-order valence-electron chi connectivity index (χ3n) is 5.44. The average molecular weight is 384 g/mol. The highest BCUT2D eigenvalue weighted by atomic mass is 16.6. The van der Waals surface area contributed by atoms with Crippen molar-refractivity contribution in [3.63, 3.8) is 0 Å². The summed E-state index contributed by atoms with van der Waals surface area (Å²) in [7, 11) is 0. The Bertz CT molecular complexity index is 887. The number of nitrogens with two attached hydrogens (primary N) is 1. The highest BCUT2D eigenvalue weighted by molar-refractivity contribution is 5.88. The van der Waals surface area contributed by atoms with Crippen molar-refractivity contribution in [2.45, 2.75) is 37.4 Å². The van der Waals surface area contributed by atoms with E-state index in [2.05, 4.69) is 16.0 Å². The number of ether oxygens (including phenoxy) is 1. The van der Waals surface area contributed by atoms with E-state index in [4.69, 9.17) is 10.5 Å². The van der Waals surface area contributed by atoms with Crippen LogP contribution in [0.5, 0.6) is 0 Å². The van der Waals surface area contributed by atoms with Crippen LogP contribution in [0.2, 0.25) is 0 Å². The van der Waals surface area contributed by atoms with Gasteiger partial charge in [-0.3, -0.25) is 0 Å². The molecular weight excluding hydrogens is 360 g/mol. The van der Waals surface area contributed by atoms with Crippen LogP contribution in [0.25, 0.3) is 5.57 Å². The van der Waals surface area contributed by atoms with Crippen molar-refractivity contribution < 1.29 is 20.1 Å². The van der Waals surface area contributed by atoms with E-state index in [1.807, 2.05) is 30.3 Å². The van der Waals surface area contributed by atoms with E-state index in [1.54, 1.807) is 4.90 Å². The number of fused-ring (bicyclic) bond motifs is 1. The Hall–Kier alpha value is -2.52. The molecule has 2 aliphatic rings. The molecule has 0 spiro atoms. The minimum Gasteiger partial charge on any atom is -0.394 e. The second kappa shape index (κ2) is 7.14. The van der Waals surface area contributed by atoms with Crippen molar-refractivity contribution in [2.75, 3.05) is 23.8 Å². The number of rotatable bonds is 4. The van der Waals surface area contributed by atoms with Crippen LogP contribution in [0.1, 0.15) is 18.1 Å². The summed E-state index contributed by atoms with van der Waals surface area (Å²) in [4.78, 5) is 10.2. The van der Waals surface area contributed by atoms with Gasteiger partial charge in [-0.2, -0.15) is 0 Å². The van der Waals surface area contributed by atoms with Gasteiger partial charge in [0.25, 0.3) is 0 Å². The van der Waals surface area contributed by atoms with E-state index in [0.717, 1.165) is 11.1 Å². The van der Waals surface area contributed by atoms with E-state index in [9.17, 15) is 15.3 Å². The average Bonchev–Trinajstić information content (AvgIpc) is 3.17. The SMILES string of the molecule is C[C@@]1(O)[C@H](O)[C@@H](CO)O[C@H]1N1CC(=CCc2ccccc2)c2c(N)ncnc21. The van der Waals surface area contributed by atoms with Crippen molar-refractivity contribution in [1.82, 2.24) is 9.97 Å². The van der Waals surface area contributed by atoms with Crippen LogP contribution < -0.4 is 10.6 Å². The maximum absolute atomic E-state index is 10.9. The Morgan fingerprint density at radius 2 is 2.07 bits per heavy atom. The molecule has 1 fully saturated rings. The van der Waals surface area contributed by atoms with Gasteiger partial charge in [0.1, 0.15) is 35.8 Å². The molecule has 0 bridgehead atoms. The van der Waals surface area contributed by atoms with Crippen LogP contribution >= 0.6 is 0 Å². The summed E-state index contributed by atoms with van der Waals surface area (Å²) in [5.41, 5.74) is 7.34. The first kappa shape index (κ1) is 18.8. The second-order valence-electron chi connectivity index (χ2n) is 7.38. The molecule has 0 unspecified atom stereocenters. The molecule has 0 amide bonds. The van der Waals surface area contributed by atoms with Gasteiger partial charge in [0.2, 0.25) is 0 Å². The Kier molecular flexibility index (Phi) is 4.80. The van der Waals surface area contributed by atoms with Crippen LogP contribution in [0, 0.1) is 0 Å². The monoisotopic (exact) mass is 384 g/mol. The number of nitrogen functional groups attached to an aromatic ring is 1. The first-order valence-electron chi connectivity index (χ1n) is 9.20. The van der Waals surface area contributed by atoms with Crippen LogP contribution in [-0.2, 0) is 11.2 Å². The van der Waals surface area contributed by atoms with Crippen molar-refractivity contribution in [2.24, 2.45) is 0 Å². The highest BCUT2D eigenvalue weighted by Gasteiger charge is 2.55. The molecule has 4 atom stereocenters. The molecule has 0 saturated carbocycles. The van der Waals surface area contributed by atoms with Crippen LogP contribution in [0.4, 0.5) is 11.6 Å². The molecule has 2 aliphatic heterocycles. The van der Waals surface area contributed by atoms with Crippen molar-refractivity contribution in [3.8, 4) is 0 Å². The topological polar surface area (TPSA) is 125 Å². The molecule has 4 rings (SSSR count). The number of aliphatic hydroxyl groups is 3. The Labute approximate surface area is 162 Å². The quantitative estimate of drug-likeness (QED) is 0.595.